The van der Waals surface area contributed by atoms with Crippen molar-refractivity contribution in [1.82, 2.24) is 15.2 Å². The third kappa shape index (κ3) is 4.90. The van der Waals surface area contributed by atoms with E-state index < -0.39 is 0 Å². The molecule has 0 saturated carbocycles. The summed E-state index contributed by atoms with van der Waals surface area (Å²) in [7, 11) is 0. The molecule has 0 atom stereocenters. The molecule has 0 spiro atoms. The van der Waals surface area contributed by atoms with Crippen LogP contribution in [0.25, 0.3) is 0 Å². The van der Waals surface area contributed by atoms with Crippen molar-refractivity contribution in [2.75, 3.05) is 25.0 Å². The van der Waals surface area contributed by atoms with Crippen LogP contribution >= 0.6 is 11.6 Å². The molecule has 1 aliphatic rings. The summed E-state index contributed by atoms with van der Waals surface area (Å²) in [4.78, 5) is 28.8. The van der Waals surface area contributed by atoms with Gasteiger partial charge >= 0.3 is 6.03 Å². The molecule has 1 aliphatic heterocycles. The first-order chi connectivity index (χ1) is 10.0. The second-order valence-electron chi connectivity index (χ2n) is 5.15. The maximum Gasteiger partial charge on any atom is 0.320 e. The van der Waals surface area contributed by atoms with E-state index in [1.807, 2.05) is 4.90 Å². The van der Waals surface area contributed by atoms with Crippen LogP contribution in [0.1, 0.15) is 19.8 Å². The Kier molecular flexibility index (Phi) is 5.38. The molecule has 114 valence electrons. The summed E-state index contributed by atoms with van der Waals surface area (Å²) in [6.45, 7) is 3.72. The number of hydrogen-bond acceptors (Lipinski definition) is 3. The van der Waals surface area contributed by atoms with Gasteiger partial charge in [0.2, 0.25) is 5.91 Å². The summed E-state index contributed by atoms with van der Waals surface area (Å²) in [5, 5.41) is 6.01. The molecule has 21 heavy (non-hydrogen) atoms. The Morgan fingerprint density at radius 3 is 2.67 bits per heavy atom. The van der Waals surface area contributed by atoms with Crippen LogP contribution in [-0.2, 0) is 4.79 Å². The van der Waals surface area contributed by atoms with Gasteiger partial charge in [-0.05, 0) is 30.9 Å². The van der Waals surface area contributed by atoms with E-state index in [0.29, 0.717) is 23.3 Å². The van der Waals surface area contributed by atoms with Crippen LogP contribution in [0, 0.1) is 5.92 Å². The Balaban J connectivity index is 1.70. The van der Waals surface area contributed by atoms with Crippen molar-refractivity contribution < 1.29 is 9.59 Å². The molecule has 1 saturated heterocycles. The molecule has 3 amide bonds. The van der Waals surface area contributed by atoms with Crippen molar-refractivity contribution in [3.63, 3.8) is 0 Å². The van der Waals surface area contributed by atoms with Gasteiger partial charge in [-0.15, -0.1) is 0 Å². The highest BCUT2D eigenvalue weighted by atomic mass is 35.5. The molecule has 2 N–H and O–H groups in total. The van der Waals surface area contributed by atoms with E-state index in [1.54, 1.807) is 19.1 Å². The fraction of sp³-hybridized carbons (Fsp3) is 0.500. The SMILES string of the molecule is CC(=O)N1CCC(CNC(=O)Nc2ccc(Cl)cn2)CC1. The van der Waals surface area contributed by atoms with Crippen molar-refractivity contribution in [2.24, 2.45) is 5.92 Å². The van der Waals surface area contributed by atoms with Crippen LogP contribution in [0.4, 0.5) is 10.6 Å². The minimum atomic E-state index is -0.279. The summed E-state index contributed by atoms with van der Waals surface area (Å²) in [6, 6.07) is 3.04. The number of aromatic nitrogens is 1. The van der Waals surface area contributed by atoms with Crippen LogP contribution in [-0.4, -0.2) is 41.5 Å². The van der Waals surface area contributed by atoms with E-state index in [1.165, 1.54) is 6.20 Å². The number of rotatable bonds is 3. The van der Waals surface area contributed by atoms with E-state index in [4.69, 9.17) is 11.6 Å². The van der Waals surface area contributed by atoms with Gasteiger partial charge in [-0.1, -0.05) is 11.6 Å². The Labute approximate surface area is 128 Å². The summed E-state index contributed by atoms with van der Waals surface area (Å²) in [6.07, 6.45) is 3.31. The number of carbonyl (C=O) groups excluding carboxylic acids is 2. The lowest BCUT2D eigenvalue weighted by Crippen LogP contribution is -2.41. The van der Waals surface area contributed by atoms with Gasteiger partial charge in [-0.25, -0.2) is 9.78 Å². The van der Waals surface area contributed by atoms with Gasteiger partial charge < -0.3 is 10.2 Å². The zero-order chi connectivity index (χ0) is 15.2. The molecular weight excluding hydrogens is 292 g/mol. The minimum absolute atomic E-state index is 0.118. The summed E-state index contributed by atoms with van der Waals surface area (Å²) >= 11 is 5.73. The van der Waals surface area contributed by atoms with Gasteiger partial charge in [0.05, 0.1) is 5.02 Å². The molecular formula is C14H19ClN4O2. The molecule has 7 heteroatoms. The third-order valence-corrected chi connectivity index (χ3v) is 3.80. The van der Waals surface area contributed by atoms with Gasteiger partial charge in [0, 0.05) is 32.8 Å². The molecule has 0 bridgehead atoms. The van der Waals surface area contributed by atoms with Crippen molar-refractivity contribution in [2.45, 2.75) is 19.8 Å². The largest absolute Gasteiger partial charge is 0.343 e. The topological polar surface area (TPSA) is 74.3 Å². The highest BCUT2D eigenvalue weighted by Crippen LogP contribution is 2.16. The number of nitrogens with one attached hydrogen (secondary N) is 2. The minimum Gasteiger partial charge on any atom is -0.343 e. The molecule has 2 rings (SSSR count). The molecule has 6 nitrogen and oxygen atoms in total. The van der Waals surface area contributed by atoms with E-state index in [0.717, 1.165) is 25.9 Å². The number of pyridine rings is 1. The Hall–Kier alpha value is -1.82. The van der Waals surface area contributed by atoms with Crippen LogP contribution in [0.15, 0.2) is 18.3 Å². The predicted octanol–water partition coefficient (Wildman–Crippen LogP) is 2.11. The number of carbonyl (C=O) groups is 2. The number of piperidine rings is 1. The van der Waals surface area contributed by atoms with Crippen molar-refractivity contribution in [3.8, 4) is 0 Å². The van der Waals surface area contributed by atoms with Gasteiger partial charge in [0.1, 0.15) is 5.82 Å². The van der Waals surface area contributed by atoms with E-state index in [2.05, 4.69) is 15.6 Å². The first-order valence-corrected chi connectivity index (χ1v) is 7.34. The number of likely N-dealkylation sites (tertiary alicyclic amines) is 1. The van der Waals surface area contributed by atoms with Crippen LogP contribution in [0.3, 0.4) is 0 Å². The monoisotopic (exact) mass is 310 g/mol. The summed E-state index contributed by atoms with van der Waals surface area (Å²) < 4.78 is 0. The maximum atomic E-state index is 11.8. The second-order valence-corrected chi connectivity index (χ2v) is 5.58. The lowest BCUT2D eigenvalue weighted by molar-refractivity contribution is -0.130. The van der Waals surface area contributed by atoms with Crippen LogP contribution in [0.5, 0.6) is 0 Å². The first kappa shape index (κ1) is 15.6. The van der Waals surface area contributed by atoms with Gasteiger partial charge in [-0.3, -0.25) is 10.1 Å². The van der Waals surface area contributed by atoms with Crippen LogP contribution < -0.4 is 10.6 Å². The average molecular weight is 311 g/mol. The fourth-order valence-corrected chi connectivity index (χ4v) is 2.41. The molecule has 0 unspecified atom stereocenters. The van der Waals surface area contributed by atoms with E-state index in [-0.39, 0.29) is 11.9 Å². The van der Waals surface area contributed by atoms with Crippen molar-refractivity contribution >= 4 is 29.4 Å². The lowest BCUT2D eigenvalue weighted by atomic mass is 9.97. The summed E-state index contributed by atoms with van der Waals surface area (Å²) in [5.41, 5.74) is 0. The molecule has 0 aromatic carbocycles. The standard InChI is InChI=1S/C14H19ClN4O2/c1-10(20)19-6-4-11(5-7-19)8-17-14(21)18-13-3-2-12(15)9-16-13/h2-3,9,11H,4-8H2,1H3,(H2,16,17,18,21). The molecule has 0 aliphatic carbocycles. The van der Waals surface area contributed by atoms with Gasteiger partial charge in [0.25, 0.3) is 0 Å². The number of anilines is 1. The number of hydrogen-bond donors (Lipinski definition) is 2. The molecule has 1 aromatic heterocycles. The van der Waals surface area contributed by atoms with Crippen molar-refractivity contribution in [3.05, 3.63) is 23.4 Å². The highest BCUT2D eigenvalue weighted by molar-refractivity contribution is 6.30. The van der Waals surface area contributed by atoms with Gasteiger partial charge in [-0.2, -0.15) is 0 Å². The predicted molar refractivity (Wildman–Crippen MR) is 81.2 cm³/mol. The summed E-state index contributed by atoms with van der Waals surface area (Å²) in [5.74, 6) is 0.987. The zero-order valence-electron chi connectivity index (χ0n) is 11.9. The Morgan fingerprint density at radius 1 is 1.38 bits per heavy atom. The molecule has 0 radical (unpaired) electrons. The van der Waals surface area contributed by atoms with E-state index >= 15 is 0 Å². The fourth-order valence-electron chi connectivity index (χ4n) is 2.30. The molecule has 1 fully saturated rings. The lowest BCUT2D eigenvalue weighted by Gasteiger charge is -2.31. The Morgan fingerprint density at radius 2 is 2.10 bits per heavy atom. The number of halogens is 1. The third-order valence-electron chi connectivity index (χ3n) is 3.58. The normalized spacial score (nSPS) is 15.6. The maximum absolute atomic E-state index is 11.8. The zero-order valence-corrected chi connectivity index (χ0v) is 12.7. The Bertz CT molecular complexity index is 498. The molecule has 2 heterocycles. The number of urea groups is 1. The number of amides is 3. The van der Waals surface area contributed by atoms with Crippen molar-refractivity contribution in [1.29, 1.82) is 0 Å². The average Bonchev–Trinajstić information content (AvgIpc) is 2.48. The molecule has 1 aromatic rings. The quantitative estimate of drug-likeness (QED) is 0.898. The second kappa shape index (κ2) is 7.26. The highest BCUT2D eigenvalue weighted by Gasteiger charge is 2.20. The van der Waals surface area contributed by atoms with Crippen LogP contribution in [0.2, 0.25) is 5.02 Å². The number of nitrogens with zero attached hydrogens (tertiary/aromatic N) is 2. The first-order valence-electron chi connectivity index (χ1n) is 6.96. The smallest absolute Gasteiger partial charge is 0.320 e. The van der Waals surface area contributed by atoms with Gasteiger partial charge in [0.15, 0.2) is 0 Å². The van der Waals surface area contributed by atoms with E-state index in [9.17, 15) is 9.59 Å².